The van der Waals surface area contributed by atoms with E-state index >= 15 is 0 Å². The first kappa shape index (κ1) is 12.7. The van der Waals surface area contributed by atoms with Gasteiger partial charge in [-0.2, -0.15) is 10.1 Å². The first-order valence-electron chi connectivity index (χ1n) is 6.46. The molecule has 3 N–H and O–H groups in total. The summed E-state index contributed by atoms with van der Waals surface area (Å²) >= 11 is 0. The fraction of sp³-hybridized carbons (Fsp3) is 0.385. The number of H-pyrrole nitrogens is 1. The van der Waals surface area contributed by atoms with Crippen LogP contribution in [0.15, 0.2) is 18.2 Å². The number of aromatic nitrogens is 3. The van der Waals surface area contributed by atoms with Crippen LogP contribution in [0.25, 0.3) is 11.3 Å². The van der Waals surface area contributed by atoms with Crippen molar-refractivity contribution in [1.82, 2.24) is 15.2 Å². The number of morpholine rings is 1. The Kier molecular flexibility index (Phi) is 3.42. The molecule has 1 fully saturated rings. The Morgan fingerprint density at radius 3 is 2.75 bits per heavy atom. The van der Waals surface area contributed by atoms with Gasteiger partial charge in [0.05, 0.1) is 26.0 Å². The number of nitrogens with two attached hydrogens (primary N) is 1. The number of nitrogens with zero attached hydrogens (tertiary/aromatic N) is 3. The van der Waals surface area contributed by atoms with Crippen LogP contribution in [0.5, 0.6) is 5.88 Å². The zero-order valence-corrected chi connectivity index (χ0v) is 11.3. The number of hydrogen-bond acceptors (Lipinski definition) is 6. The lowest BCUT2D eigenvalue weighted by molar-refractivity contribution is 0.122. The molecule has 0 aliphatic carbocycles. The lowest BCUT2D eigenvalue weighted by atomic mass is 10.2. The molecule has 1 aliphatic heterocycles. The molecule has 7 heteroatoms. The SMILES string of the molecule is COc1cc(-c2cc(N)n[nH]2)cc(N2CCOCC2)n1. The van der Waals surface area contributed by atoms with Gasteiger partial charge in [0.1, 0.15) is 11.6 Å². The highest BCUT2D eigenvalue weighted by atomic mass is 16.5. The zero-order valence-electron chi connectivity index (χ0n) is 11.3. The van der Waals surface area contributed by atoms with E-state index in [4.69, 9.17) is 15.2 Å². The third-order valence-corrected chi connectivity index (χ3v) is 3.24. The summed E-state index contributed by atoms with van der Waals surface area (Å²) in [6, 6.07) is 5.65. The number of rotatable bonds is 3. The molecule has 2 aromatic rings. The van der Waals surface area contributed by atoms with Crippen LogP contribution in [0, 0.1) is 0 Å². The van der Waals surface area contributed by atoms with Crippen LogP contribution in [0.1, 0.15) is 0 Å². The maximum atomic E-state index is 5.65. The van der Waals surface area contributed by atoms with Crippen LogP contribution in [-0.4, -0.2) is 48.6 Å². The predicted octanol–water partition coefficient (Wildman–Crippen LogP) is 0.899. The predicted molar refractivity (Wildman–Crippen MR) is 75.8 cm³/mol. The number of aromatic amines is 1. The van der Waals surface area contributed by atoms with Crippen molar-refractivity contribution in [1.29, 1.82) is 0 Å². The fourth-order valence-electron chi connectivity index (χ4n) is 2.19. The topological polar surface area (TPSA) is 89.3 Å². The molecule has 2 aromatic heterocycles. The van der Waals surface area contributed by atoms with Crippen LogP contribution in [0.3, 0.4) is 0 Å². The van der Waals surface area contributed by atoms with Gasteiger partial charge in [0.15, 0.2) is 0 Å². The molecule has 20 heavy (non-hydrogen) atoms. The average Bonchev–Trinajstić information content (AvgIpc) is 2.94. The Morgan fingerprint density at radius 2 is 2.10 bits per heavy atom. The van der Waals surface area contributed by atoms with Crippen LogP contribution in [0.2, 0.25) is 0 Å². The van der Waals surface area contributed by atoms with Gasteiger partial charge in [-0.15, -0.1) is 0 Å². The summed E-state index contributed by atoms with van der Waals surface area (Å²) in [5, 5.41) is 6.85. The number of methoxy groups -OCH3 is 1. The quantitative estimate of drug-likeness (QED) is 0.865. The summed E-state index contributed by atoms with van der Waals surface area (Å²) < 4.78 is 10.6. The maximum Gasteiger partial charge on any atom is 0.215 e. The minimum Gasteiger partial charge on any atom is -0.481 e. The van der Waals surface area contributed by atoms with Crippen LogP contribution < -0.4 is 15.4 Å². The van der Waals surface area contributed by atoms with E-state index in [0.29, 0.717) is 24.9 Å². The molecule has 3 heterocycles. The third-order valence-electron chi connectivity index (χ3n) is 3.24. The van der Waals surface area contributed by atoms with E-state index in [1.54, 1.807) is 13.2 Å². The number of hydrogen-bond donors (Lipinski definition) is 2. The molecule has 106 valence electrons. The molecule has 0 bridgehead atoms. The fourth-order valence-corrected chi connectivity index (χ4v) is 2.19. The summed E-state index contributed by atoms with van der Waals surface area (Å²) in [5.41, 5.74) is 7.44. The van der Waals surface area contributed by atoms with Gasteiger partial charge in [-0.25, -0.2) is 0 Å². The molecule has 0 radical (unpaired) electrons. The molecule has 1 saturated heterocycles. The highest BCUT2D eigenvalue weighted by Crippen LogP contribution is 2.27. The van der Waals surface area contributed by atoms with Crippen molar-refractivity contribution in [3.63, 3.8) is 0 Å². The lowest BCUT2D eigenvalue weighted by Gasteiger charge is -2.28. The number of ether oxygens (including phenoxy) is 2. The molecule has 0 atom stereocenters. The van der Waals surface area contributed by atoms with Gasteiger partial charge < -0.3 is 20.1 Å². The summed E-state index contributed by atoms with van der Waals surface area (Å²) in [7, 11) is 1.61. The molecule has 7 nitrogen and oxygen atoms in total. The summed E-state index contributed by atoms with van der Waals surface area (Å²) in [5.74, 6) is 1.90. The first-order chi connectivity index (χ1) is 9.76. The van der Waals surface area contributed by atoms with E-state index in [-0.39, 0.29) is 0 Å². The molecular formula is C13H17N5O2. The molecule has 1 aliphatic rings. The summed E-state index contributed by atoms with van der Waals surface area (Å²) in [6.07, 6.45) is 0. The zero-order chi connectivity index (χ0) is 13.9. The van der Waals surface area contributed by atoms with Gasteiger partial charge in [0, 0.05) is 30.8 Å². The number of anilines is 2. The standard InChI is InChI=1S/C13H17N5O2/c1-19-13-7-9(10-8-11(14)17-16-10)6-12(15-13)18-2-4-20-5-3-18/h6-8H,2-5H2,1H3,(H3,14,16,17). The van der Waals surface area contributed by atoms with Crippen molar-refractivity contribution in [2.75, 3.05) is 44.0 Å². The highest BCUT2D eigenvalue weighted by Gasteiger charge is 2.15. The number of nitrogens with one attached hydrogen (secondary N) is 1. The monoisotopic (exact) mass is 275 g/mol. The number of nitrogen functional groups attached to an aromatic ring is 1. The normalized spacial score (nSPS) is 15.3. The highest BCUT2D eigenvalue weighted by molar-refractivity contribution is 5.67. The molecular weight excluding hydrogens is 258 g/mol. The van der Waals surface area contributed by atoms with E-state index in [1.807, 2.05) is 12.1 Å². The molecule has 0 saturated carbocycles. The van der Waals surface area contributed by atoms with Crippen molar-refractivity contribution in [3.8, 4) is 17.1 Å². The van der Waals surface area contributed by atoms with E-state index in [2.05, 4.69) is 20.1 Å². The molecule has 0 aromatic carbocycles. The van der Waals surface area contributed by atoms with E-state index in [1.165, 1.54) is 0 Å². The van der Waals surface area contributed by atoms with Crippen molar-refractivity contribution in [3.05, 3.63) is 18.2 Å². The summed E-state index contributed by atoms with van der Waals surface area (Å²) in [6.45, 7) is 3.08. The Labute approximate surface area is 116 Å². The molecule has 0 amide bonds. The minimum atomic E-state index is 0.462. The lowest BCUT2D eigenvalue weighted by Crippen LogP contribution is -2.36. The van der Waals surface area contributed by atoms with E-state index in [9.17, 15) is 0 Å². The van der Waals surface area contributed by atoms with Crippen molar-refractivity contribution < 1.29 is 9.47 Å². The second-order valence-corrected chi connectivity index (χ2v) is 4.56. The van der Waals surface area contributed by atoms with Crippen LogP contribution in [0.4, 0.5) is 11.6 Å². The van der Waals surface area contributed by atoms with Crippen LogP contribution >= 0.6 is 0 Å². The van der Waals surface area contributed by atoms with Gasteiger partial charge in [0.25, 0.3) is 0 Å². The molecule has 0 spiro atoms. The van der Waals surface area contributed by atoms with Crippen LogP contribution in [-0.2, 0) is 4.74 Å². The largest absolute Gasteiger partial charge is 0.481 e. The second kappa shape index (κ2) is 5.38. The van der Waals surface area contributed by atoms with Gasteiger partial charge in [0.2, 0.25) is 5.88 Å². The smallest absolute Gasteiger partial charge is 0.215 e. The number of pyridine rings is 1. The Balaban J connectivity index is 1.97. The Bertz CT molecular complexity index is 592. The summed E-state index contributed by atoms with van der Waals surface area (Å²) in [4.78, 5) is 6.67. The Hall–Kier alpha value is -2.28. The molecule has 0 unspecified atom stereocenters. The van der Waals surface area contributed by atoms with Gasteiger partial charge in [-0.05, 0) is 6.07 Å². The van der Waals surface area contributed by atoms with Crippen molar-refractivity contribution in [2.24, 2.45) is 0 Å². The van der Waals surface area contributed by atoms with Gasteiger partial charge in [-0.1, -0.05) is 0 Å². The minimum absolute atomic E-state index is 0.462. The van der Waals surface area contributed by atoms with E-state index < -0.39 is 0 Å². The maximum absolute atomic E-state index is 5.65. The first-order valence-corrected chi connectivity index (χ1v) is 6.46. The van der Waals surface area contributed by atoms with Crippen molar-refractivity contribution in [2.45, 2.75) is 0 Å². The average molecular weight is 275 g/mol. The van der Waals surface area contributed by atoms with Gasteiger partial charge in [-0.3, -0.25) is 5.10 Å². The van der Waals surface area contributed by atoms with Gasteiger partial charge >= 0.3 is 0 Å². The van der Waals surface area contributed by atoms with E-state index in [0.717, 1.165) is 30.2 Å². The third kappa shape index (κ3) is 2.53. The van der Waals surface area contributed by atoms with Crippen molar-refractivity contribution >= 4 is 11.6 Å². The Morgan fingerprint density at radius 1 is 1.30 bits per heavy atom. The second-order valence-electron chi connectivity index (χ2n) is 4.56. The molecule has 3 rings (SSSR count).